The van der Waals surface area contributed by atoms with E-state index in [1.165, 1.54) is 13.2 Å². The van der Waals surface area contributed by atoms with Gasteiger partial charge in [-0.15, -0.1) is 0 Å². The van der Waals surface area contributed by atoms with Gasteiger partial charge >= 0.3 is 0 Å². The molecule has 0 spiro atoms. The second-order valence-corrected chi connectivity index (χ2v) is 4.55. The van der Waals surface area contributed by atoms with Gasteiger partial charge in [0, 0.05) is 23.2 Å². The molecule has 0 radical (unpaired) electrons. The van der Waals surface area contributed by atoms with Gasteiger partial charge in [-0.25, -0.2) is 4.39 Å². The Labute approximate surface area is 121 Å². The van der Waals surface area contributed by atoms with Gasteiger partial charge in [0.25, 0.3) is 0 Å². The molecule has 2 aromatic rings. The van der Waals surface area contributed by atoms with Crippen LogP contribution < -0.4 is 10.1 Å². The third-order valence-corrected chi connectivity index (χ3v) is 3.07. The fraction of sp³-hybridized carbons (Fsp3) is 0.133. The van der Waals surface area contributed by atoms with Crippen LogP contribution in [0.1, 0.15) is 11.1 Å². The SMILES string of the molecule is COc1ccc(CNc2cc(Cl)ccc2C#N)c(F)c1. The van der Waals surface area contributed by atoms with Gasteiger partial charge in [0.05, 0.1) is 18.4 Å². The minimum Gasteiger partial charge on any atom is -0.497 e. The molecule has 0 unspecified atom stereocenters. The largest absolute Gasteiger partial charge is 0.497 e. The second-order valence-electron chi connectivity index (χ2n) is 4.11. The molecule has 20 heavy (non-hydrogen) atoms. The highest BCUT2D eigenvalue weighted by Crippen LogP contribution is 2.22. The highest BCUT2D eigenvalue weighted by molar-refractivity contribution is 6.30. The molecule has 102 valence electrons. The Balaban J connectivity index is 2.17. The quantitative estimate of drug-likeness (QED) is 0.926. The molecule has 0 saturated heterocycles. The van der Waals surface area contributed by atoms with E-state index in [9.17, 15) is 4.39 Å². The molecule has 5 heteroatoms. The van der Waals surface area contributed by atoms with E-state index in [2.05, 4.69) is 11.4 Å². The topological polar surface area (TPSA) is 45.0 Å². The minimum absolute atomic E-state index is 0.255. The summed E-state index contributed by atoms with van der Waals surface area (Å²) in [7, 11) is 1.48. The molecule has 0 aliphatic heterocycles. The maximum atomic E-state index is 13.8. The Morgan fingerprint density at radius 3 is 2.75 bits per heavy atom. The van der Waals surface area contributed by atoms with Crippen molar-refractivity contribution >= 4 is 17.3 Å². The minimum atomic E-state index is -0.364. The summed E-state index contributed by atoms with van der Waals surface area (Å²) in [6.45, 7) is 0.255. The summed E-state index contributed by atoms with van der Waals surface area (Å²) in [5.74, 6) is 0.101. The van der Waals surface area contributed by atoms with Crippen molar-refractivity contribution in [3.8, 4) is 11.8 Å². The number of rotatable bonds is 4. The third kappa shape index (κ3) is 3.19. The van der Waals surface area contributed by atoms with Crippen LogP contribution in [0.3, 0.4) is 0 Å². The summed E-state index contributed by atoms with van der Waals surface area (Å²) >= 11 is 5.89. The average Bonchev–Trinajstić information content (AvgIpc) is 2.46. The molecule has 0 saturated carbocycles. The first-order valence-corrected chi connectivity index (χ1v) is 6.28. The smallest absolute Gasteiger partial charge is 0.131 e. The van der Waals surface area contributed by atoms with Gasteiger partial charge < -0.3 is 10.1 Å². The number of nitrogens with one attached hydrogen (secondary N) is 1. The molecule has 0 amide bonds. The zero-order valence-electron chi connectivity index (χ0n) is 10.8. The van der Waals surface area contributed by atoms with E-state index < -0.39 is 0 Å². The number of anilines is 1. The second kappa shape index (κ2) is 6.27. The van der Waals surface area contributed by atoms with E-state index in [1.807, 2.05) is 0 Å². The molecule has 3 nitrogen and oxygen atoms in total. The van der Waals surface area contributed by atoms with Gasteiger partial charge in [0.15, 0.2) is 0 Å². The van der Waals surface area contributed by atoms with Gasteiger partial charge in [-0.05, 0) is 24.3 Å². The lowest BCUT2D eigenvalue weighted by atomic mass is 10.1. The zero-order valence-corrected chi connectivity index (χ0v) is 11.5. The molecule has 2 aromatic carbocycles. The van der Waals surface area contributed by atoms with Crippen LogP contribution in [0.5, 0.6) is 5.75 Å². The predicted molar refractivity (Wildman–Crippen MR) is 76.4 cm³/mol. The highest BCUT2D eigenvalue weighted by Gasteiger charge is 2.06. The molecular weight excluding hydrogens is 279 g/mol. The van der Waals surface area contributed by atoms with Gasteiger partial charge in [0.2, 0.25) is 0 Å². The van der Waals surface area contributed by atoms with E-state index in [1.54, 1.807) is 30.3 Å². The lowest BCUT2D eigenvalue weighted by molar-refractivity contribution is 0.411. The molecule has 0 heterocycles. The summed E-state index contributed by atoms with van der Waals surface area (Å²) in [5.41, 5.74) is 1.52. The van der Waals surface area contributed by atoms with Crippen LogP contribution in [-0.4, -0.2) is 7.11 Å². The van der Waals surface area contributed by atoms with Gasteiger partial charge in [-0.2, -0.15) is 5.26 Å². The summed E-state index contributed by atoms with van der Waals surface area (Å²) in [6.07, 6.45) is 0. The maximum absolute atomic E-state index is 13.8. The van der Waals surface area contributed by atoms with Crippen molar-refractivity contribution in [2.45, 2.75) is 6.54 Å². The lowest BCUT2D eigenvalue weighted by Crippen LogP contribution is -2.03. The number of halogens is 2. The first-order chi connectivity index (χ1) is 9.63. The molecule has 1 N–H and O–H groups in total. The molecule has 0 aromatic heterocycles. The Morgan fingerprint density at radius 2 is 2.10 bits per heavy atom. The Morgan fingerprint density at radius 1 is 1.30 bits per heavy atom. The number of ether oxygens (including phenoxy) is 1. The van der Waals surface area contributed by atoms with Crippen LogP contribution in [-0.2, 0) is 6.54 Å². The molecule has 0 bridgehead atoms. The zero-order chi connectivity index (χ0) is 14.5. The molecule has 0 atom stereocenters. The molecular formula is C15H12ClFN2O. The van der Waals surface area contributed by atoms with Crippen LogP contribution in [0.25, 0.3) is 0 Å². The number of hydrogen-bond acceptors (Lipinski definition) is 3. The summed E-state index contributed by atoms with van der Waals surface area (Å²) < 4.78 is 18.7. The molecule has 0 aliphatic rings. The Kier molecular flexibility index (Phi) is 4.44. The highest BCUT2D eigenvalue weighted by atomic mass is 35.5. The lowest BCUT2D eigenvalue weighted by Gasteiger charge is -2.10. The van der Waals surface area contributed by atoms with E-state index in [4.69, 9.17) is 21.6 Å². The van der Waals surface area contributed by atoms with Gasteiger partial charge in [0.1, 0.15) is 17.6 Å². The van der Waals surface area contributed by atoms with E-state index >= 15 is 0 Å². The van der Waals surface area contributed by atoms with Crippen LogP contribution in [0.4, 0.5) is 10.1 Å². The van der Waals surface area contributed by atoms with Crippen molar-refractivity contribution in [1.29, 1.82) is 5.26 Å². The van der Waals surface area contributed by atoms with Gasteiger partial charge in [-0.1, -0.05) is 17.7 Å². The van der Waals surface area contributed by atoms with Crippen molar-refractivity contribution in [2.24, 2.45) is 0 Å². The van der Waals surface area contributed by atoms with E-state index in [0.717, 1.165) is 0 Å². The van der Waals surface area contributed by atoms with Crippen molar-refractivity contribution in [3.05, 3.63) is 58.4 Å². The van der Waals surface area contributed by atoms with Crippen molar-refractivity contribution in [2.75, 3.05) is 12.4 Å². The van der Waals surface area contributed by atoms with Crippen LogP contribution in [0.2, 0.25) is 5.02 Å². The van der Waals surface area contributed by atoms with Crippen LogP contribution in [0, 0.1) is 17.1 Å². The first-order valence-electron chi connectivity index (χ1n) is 5.90. The number of nitrogens with zero attached hydrogens (tertiary/aromatic N) is 1. The summed E-state index contributed by atoms with van der Waals surface area (Å²) in [4.78, 5) is 0. The molecule has 0 aliphatic carbocycles. The van der Waals surface area contributed by atoms with Gasteiger partial charge in [-0.3, -0.25) is 0 Å². The number of benzene rings is 2. The maximum Gasteiger partial charge on any atom is 0.131 e. The van der Waals surface area contributed by atoms with Crippen LogP contribution in [0.15, 0.2) is 36.4 Å². The predicted octanol–water partition coefficient (Wildman–Crippen LogP) is 3.97. The summed E-state index contributed by atoms with van der Waals surface area (Å²) in [5, 5.41) is 12.5. The Hall–Kier alpha value is -2.25. The Bertz CT molecular complexity index is 667. The van der Waals surface area contributed by atoms with E-state index in [-0.39, 0.29) is 12.4 Å². The van der Waals surface area contributed by atoms with Crippen molar-refractivity contribution in [3.63, 3.8) is 0 Å². The number of hydrogen-bond donors (Lipinski definition) is 1. The average molecular weight is 291 g/mol. The fourth-order valence-corrected chi connectivity index (χ4v) is 1.92. The first kappa shape index (κ1) is 14.2. The summed E-state index contributed by atoms with van der Waals surface area (Å²) in [6, 6.07) is 11.6. The normalized spacial score (nSPS) is 9.90. The number of nitriles is 1. The molecule has 0 fully saturated rings. The third-order valence-electron chi connectivity index (χ3n) is 2.83. The number of methoxy groups -OCH3 is 1. The molecule has 2 rings (SSSR count). The fourth-order valence-electron chi connectivity index (χ4n) is 1.75. The standard InChI is InChI=1S/C15H12ClFN2O/c1-20-13-5-3-11(14(17)7-13)9-19-15-6-12(16)4-2-10(15)8-18/h2-7,19H,9H2,1H3. The monoisotopic (exact) mass is 290 g/mol. The van der Waals surface area contributed by atoms with E-state index in [0.29, 0.717) is 27.6 Å². The van der Waals surface area contributed by atoms with Crippen molar-refractivity contribution < 1.29 is 9.13 Å². The van der Waals surface area contributed by atoms with Crippen LogP contribution >= 0.6 is 11.6 Å². The van der Waals surface area contributed by atoms with Crippen molar-refractivity contribution in [1.82, 2.24) is 0 Å².